The number of hydrogen-bond acceptors (Lipinski definition) is 4. The van der Waals surface area contributed by atoms with Crippen LogP contribution in [0.5, 0.6) is 0 Å². The summed E-state index contributed by atoms with van der Waals surface area (Å²) in [6.45, 7) is 3.88. The Bertz CT molecular complexity index is 467. The van der Waals surface area contributed by atoms with E-state index in [1.807, 2.05) is 13.8 Å². The van der Waals surface area contributed by atoms with Crippen LogP contribution in [0, 0.1) is 5.95 Å². The summed E-state index contributed by atoms with van der Waals surface area (Å²) in [4.78, 5) is 3.65. The summed E-state index contributed by atoms with van der Waals surface area (Å²) in [6.07, 6.45) is 0. The van der Waals surface area contributed by atoms with E-state index in [0.717, 1.165) is 0 Å². The van der Waals surface area contributed by atoms with Gasteiger partial charge in [0.15, 0.2) is 0 Å². The van der Waals surface area contributed by atoms with E-state index in [4.69, 9.17) is 4.42 Å². The molecule has 0 amide bonds. The molecule has 0 saturated carbocycles. The second kappa shape index (κ2) is 3.76. The second-order valence-corrected chi connectivity index (χ2v) is 3.45. The van der Waals surface area contributed by atoms with Crippen molar-refractivity contribution < 1.29 is 8.81 Å². The lowest BCUT2D eigenvalue weighted by Crippen LogP contribution is -1.86. The Hall–Kier alpha value is -1.78. The van der Waals surface area contributed by atoms with Crippen LogP contribution in [-0.4, -0.2) is 15.2 Å². The molecule has 0 aromatic carbocycles. The van der Waals surface area contributed by atoms with Gasteiger partial charge >= 0.3 is 0 Å². The molecular weight excluding hydrogens is 197 g/mol. The number of hydrogen-bond donors (Lipinski definition) is 0. The van der Waals surface area contributed by atoms with E-state index in [-0.39, 0.29) is 11.8 Å². The van der Waals surface area contributed by atoms with Crippen LogP contribution >= 0.6 is 0 Å². The van der Waals surface area contributed by atoms with Gasteiger partial charge in [0.25, 0.3) is 5.89 Å². The summed E-state index contributed by atoms with van der Waals surface area (Å²) in [6, 6.07) is 4.45. The highest BCUT2D eigenvalue weighted by atomic mass is 19.1. The fourth-order valence-electron chi connectivity index (χ4n) is 1.10. The summed E-state index contributed by atoms with van der Waals surface area (Å²) in [5.41, 5.74) is 0.356. The molecule has 4 nitrogen and oxygen atoms in total. The van der Waals surface area contributed by atoms with Crippen molar-refractivity contribution in [2.75, 3.05) is 0 Å². The monoisotopic (exact) mass is 207 g/mol. The molecule has 2 heterocycles. The van der Waals surface area contributed by atoms with E-state index in [2.05, 4.69) is 15.2 Å². The molecule has 5 heteroatoms. The quantitative estimate of drug-likeness (QED) is 0.709. The Morgan fingerprint density at radius 2 is 2.07 bits per heavy atom. The maximum atomic E-state index is 12.8. The van der Waals surface area contributed by atoms with Gasteiger partial charge < -0.3 is 4.42 Å². The van der Waals surface area contributed by atoms with E-state index in [9.17, 15) is 4.39 Å². The minimum Gasteiger partial charge on any atom is -0.419 e. The lowest BCUT2D eigenvalue weighted by atomic mass is 10.2. The first-order chi connectivity index (χ1) is 7.16. The van der Waals surface area contributed by atoms with Crippen molar-refractivity contribution in [3.05, 3.63) is 30.0 Å². The van der Waals surface area contributed by atoms with E-state index in [1.54, 1.807) is 12.1 Å². The summed E-state index contributed by atoms with van der Waals surface area (Å²) in [5.74, 6) is 0.367. The second-order valence-electron chi connectivity index (χ2n) is 3.45. The van der Waals surface area contributed by atoms with Gasteiger partial charge in [0.1, 0.15) is 5.69 Å². The fourth-order valence-corrected chi connectivity index (χ4v) is 1.10. The van der Waals surface area contributed by atoms with Gasteiger partial charge in [-0.1, -0.05) is 19.9 Å². The molecular formula is C10H10FN3O. The maximum Gasteiger partial charge on any atom is 0.266 e. The molecule has 15 heavy (non-hydrogen) atoms. The highest BCUT2D eigenvalue weighted by Crippen LogP contribution is 2.19. The van der Waals surface area contributed by atoms with Crippen LogP contribution in [0.25, 0.3) is 11.6 Å². The van der Waals surface area contributed by atoms with Gasteiger partial charge in [-0.3, -0.25) is 0 Å². The molecule has 78 valence electrons. The average molecular weight is 207 g/mol. The Labute approximate surface area is 86.2 Å². The molecule has 0 saturated heterocycles. The van der Waals surface area contributed by atoms with Crippen LogP contribution in [0.2, 0.25) is 0 Å². The molecule has 0 spiro atoms. The summed E-state index contributed by atoms with van der Waals surface area (Å²) >= 11 is 0. The lowest BCUT2D eigenvalue weighted by molar-refractivity contribution is 0.478. The molecule has 0 atom stereocenters. The molecule has 0 unspecified atom stereocenters. The van der Waals surface area contributed by atoms with Crippen LogP contribution in [0.15, 0.2) is 22.6 Å². The van der Waals surface area contributed by atoms with Crippen molar-refractivity contribution in [3.8, 4) is 11.6 Å². The molecule has 2 aromatic rings. The van der Waals surface area contributed by atoms with Crippen molar-refractivity contribution in [1.82, 2.24) is 15.2 Å². The van der Waals surface area contributed by atoms with Gasteiger partial charge in [0.05, 0.1) is 0 Å². The highest BCUT2D eigenvalue weighted by molar-refractivity contribution is 5.45. The maximum absolute atomic E-state index is 12.8. The highest BCUT2D eigenvalue weighted by Gasteiger charge is 2.12. The zero-order valence-electron chi connectivity index (χ0n) is 8.44. The number of pyridine rings is 1. The first kappa shape index (κ1) is 9.76. The number of aromatic nitrogens is 3. The van der Waals surface area contributed by atoms with Gasteiger partial charge in [0.2, 0.25) is 11.8 Å². The van der Waals surface area contributed by atoms with Crippen LogP contribution in [-0.2, 0) is 0 Å². The fraction of sp³-hybridized carbons (Fsp3) is 0.300. The molecule has 0 bridgehead atoms. The first-order valence-corrected chi connectivity index (χ1v) is 4.63. The van der Waals surface area contributed by atoms with Gasteiger partial charge in [-0.05, 0) is 12.1 Å². The summed E-state index contributed by atoms with van der Waals surface area (Å²) < 4.78 is 18.2. The Morgan fingerprint density at radius 3 is 2.67 bits per heavy atom. The van der Waals surface area contributed by atoms with Crippen molar-refractivity contribution >= 4 is 0 Å². The molecule has 0 aliphatic rings. The van der Waals surface area contributed by atoms with Crippen LogP contribution in [0.1, 0.15) is 25.7 Å². The largest absolute Gasteiger partial charge is 0.419 e. The molecule has 0 fully saturated rings. The van der Waals surface area contributed by atoms with Gasteiger partial charge in [-0.15, -0.1) is 10.2 Å². The van der Waals surface area contributed by atoms with Crippen molar-refractivity contribution in [2.45, 2.75) is 19.8 Å². The Kier molecular flexibility index (Phi) is 2.45. The van der Waals surface area contributed by atoms with E-state index in [1.165, 1.54) is 6.07 Å². The van der Waals surface area contributed by atoms with Crippen LogP contribution in [0.3, 0.4) is 0 Å². The van der Waals surface area contributed by atoms with E-state index in [0.29, 0.717) is 11.6 Å². The predicted molar refractivity (Wildman–Crippen MR) is 51.6 cm³/mol. The summed E-state index contributed by atoms with van der Waals surface area (Å²) in [5, 5.41) is 7.65. The Balaban J connectivity index is 2.37. The summed E-state index contributed by atoms with van der Waals surface area (Å²) in [7, 11) is 0. The standard InChI is InChI=1S/C10H10FN3O/c1-6(2)9-13-14-10(15-9)7-4-3-5-8(11)12-7/h3-6H,1-2H3. The Morgan fingerprint density at radius 1 is 1.27 bits per heavy atom. The SMILES string of the molecule is CC(C)c1nnc(-c2cccc(F)n2)o1. The smallest absolute Gasteiger partial charge is 0.266 e. The predicted octanol–water partition coefficient (Wildman–Crippen LogP) is 2.39. The third kappa shape index (κ3) is 2.01. The van der Waals surface area contributed by atoms with Crippen molar-refractivity contribution in [3.63, 3.8) is 0 Å². The number of rotatable bonds is 2. The molecule has 0 radical (unpaired) electrons. The lowest BCUT2D eigenvalue weighted by Gasteiger charge is -1.95. The topological polar surface area (TPSA) is 51.8 Å². The zero-order valence-corrected chi connectivity index (χ0v) is 8.44. The first-order valence-electron chi connectivity index (χ1n) is 4.63. The van der Waals surface area contributed by atoms with Gasteiger partial charge in [0, 0.05) is 5.92 Å². The minimum absolute atomic E-state index is 0.153. The van der Waals surface area contributed by atoms with Crippen LogP contribution in [0.4, 0.5) is 4.39 Å². The normalized spacial score (nSPS) is 10.9. The van der Waals surface area contributed by atoms with Crippen LogP contribution < -0.4 is 0 Å². The third-order valence-electron chi connectivity index (χ3n) is 1.87. The van der Waals surface area contributed by atoms with Crippen molar-refractivity contribution in [1.29, 1.82) is 0 Å². The molecule has 0 N–H and O–H groups in total. The third-order valence-corrected chi connectivity index (χ3v) is 1.87. The zero-order chi connectivity index (χ0) is 10.8. The molecule has 2 aromatic heterocycles. The van der Waals surface area contributed by atoms with Gasteiger partial charge in [-0.2, -0.15) is 4.39 Å². The number of nitrogens with zero attached hydrogens (tertiary/aromatic N) is 3. The minimum atomic E-state index is -0.559. The molecule has 0 aliphatic heterocycles. The van der Waals surface area contributed by atoms with E-state index < -0.39 is 5.95 Å². The number of halogens is 1. The van der Waals surface area contributed by atoms with E-state index >= 15 is 0 Å². The van der Waals surface area contributed by atoms with Crippen molar-refractivity contribution in [2.24, 2.45) is 0 Å². The van der Waals surface area contributed by atoms with Gasteiger partial charge in [-0.25, -0.2) is 4.98 Å². The average Bonchev–Trinajstić information content (AvgIpc) is 2.66. The molecule has 0 aliphatic carbocycles. The molecule has 2 rings (SSSR count).